The Labute approximate surface area is 147 Å². The van der Waals surface area contributed by atoms with Gasteiger partial charge in [-0.3, -0.25) is 0 Å². The summed E-state index contributed by atoms with van der Waals surface area (Å²) in [5.41, 5.74) is -0.0978. The quantitative estimate of drug-likeness (QED) is 0.293. The third kappa shape index (κ3) is 5.81. The molecule has 1 aromatic rings. The molecule has 0 saturated carbocycles. The zero-order valence-electron chi connectivity index (χ0n) is 13.7. The van der Waals surface area contributed by atoms with E-state index in [0.29, 0.717) is 22.9 Å². The Balaban J connectivity index is 3.26. The predicted molar refractivity (Wildman–Crippen MR) is 90.7 cm³/mol. The van der Waals surface area contributed by atoms with E-state index in [-0.39, 0.29) is 6.42 Å². The fourth-order valence-corrected chi connectivity index (χ4v) is 2.58. The molecule has 0 fully saturated rings. The van der Waals surface area contributed by atoms with Crippen LogP contribution in [-0.2, 0) is 4.74 Å². The zero-order chi connectivity index (χ0) is 18.3. The number of ether oxygens (including phenoxy) is 1. The van der Waals surface area contributed by atoms with Crippen LogP contribution in [0.1, 0.15) is 34.7 Å². The summed E-state index contributed by atoms with van der Waals surface area (Å²) in [5, 5.41) is 5.41. The Morgan fingerprint density at radius 3 is 2.29 bits per heavy atom. The van der Waals surface area contributed by atoms with E-state index in [2.05, 4.69) is 25.8 Å². The Bertz CT molecular complexity index is 572. The molecule has 0 aromatic heterocycles. The third-order valence-electron chi connectivity index (χ3n) is 3.29. The molecule has 0 aliphatic carbocycles. The molecular formula is C16H20BrF3N2O2. The number of rotatable bonds is 7. The van der Waals surface area contributed by atoms with Crippen molar-refractivity contribution < 1.29 is 22.7 Å². The minimum Gasteiger partial charge on any atom is -0.465 e. The highest BCUT2D eigenvalue weighted by Crippen LogP contribution is 2.33. The number of halogens is 4. The van der Waals surface area contributed by atoms with Crippen LogP contribution in [0.2, 0.25) is 0 Å². The lowest BCUT2D eigenvalue weighted by Crippen LogP contribution is -2.32. The molecule has 134 valence electrons. The Kier molecular flexibility index (Phi) is 7.72. The van der Waals surface area contributed by atoms with Gasteiger partial charge in [0.1, 0.15) is 5.71 Å². The second kappa shape index (κ2) is 9.05. The van der Waals surface area contributed by atoms with Crippen LogP contribution >= 0.6 is 15.9 Å². The molecule has 0 radical (unpaired) electrons. The van der Waals surface area contributed by atoms with Crippen molar-refractivity contribution in [2.75, 3.05) is 26.5 Å². The van der Waals surface area contributed by atoms with Crippen LogP contribution < -0.4 is 0 Å². The van der Waals surface area contributed by atoms with E-state index in [1.54, 1.807) is 0 Å². The number of benzene rings is 1. The van der Waals surface area contributed by atoms with Crippen molar-refractivity contribution in [2.45, 2.75) is 24.9 Å². The molecule has 0 bridgehead atoms. The van der Waals surface area contributed by atoms with Gasteiger partial charge in [-0.1, -0.05) is 28.1 Å². The van der Waals surface area contributed by atoms with E-state index in [1.165, 1.54) is 45.5 Å². The first-order valence-electron chi connectivity index (χ1n) is 7.28. The Hall–Kier alpha value is -1.57. The number of hydrogen-bond acceptors (Lipinski definition) is 4. The SMILES string of the molecule is COC(=O)c1ccc(C(CCCBr)/C(=N/N(C)C)C(F)(F)F)cc1. The van der Waals surface area contributed by atoms with Crippen molar-refractivity contribution in [3.8, 4) is 0 Å². The third-order valence-corrected chi connectivity index (χ3v) is 3.85. The highest BCUT2D eigenvalue weighted by Gasteiger charge is 2.41. The monoisotopic (exact) mass is 408 g/mol. The molecule has 8 heteroatoms. The van der Waals surface area contributed by atoms with E-state index in [9.17, 15) is 18.0 Å². The molecule has 0 aliphatic heterocycles. The largest absolute Gasteiger partial charge is 0.465 e. The van der Waals surface area contributed by atoms with Gasteiger partial charge >= 0.3 is 12.1 Å². The summed E-state index contributed by atoms with van der Waals surface area (Å²) in [6.45, 7) is 0. The topological polar surface area (TPSA) is 41.9 Å². The zero-order valence-corrected chi connectivity index (χ0v) is 15.3. The van der Waals surface area contributed by atoms with Crippen LogP contribution in [0.3, 0.4) is 0 Å². The summed E-state index contributed by atoms with van der Waals surface area (Å²) < 4.78 is 45.0. The van der Waals surface area contributed by atoms with Gasteiger partial charge in [-0.05, 0) is 30.5 Å². The van der Waals surface area contributed by atoms with E-state index < -0.39 is 23.8 Å². The lowest BCUT2D eigenvalue weighted by atomic mass is 9.89. The van der Waals surface area contributed by atoms with Crippen molar-refractivity contribution in [1.29, 1.82) is 0 Å². The number of nitrogens with zero attached hydrogens (tertiary/aromatic N) is 2. The number of methoxy groups -OCH3 is 1. The first-order valence-corrected chi connectivity index (χ1v) is 8.40. The van der Waals surface area contributed by atoms with Gasteiger partial charge in [-0.25, -0.2) is 4.79 Å². The Morgan fingerprint density at radius 1 is 1.29 bits per heavy atom. The number of carbonyl (C=O) groups excluding carboxylic acids is 1. The molecule has 0 saturated heterocycles. The number of hydrazone groups is 1. The fraction of sp³-hybridized carbons (Fsp3) is 0.500. The minimum absolute atomic E-state index is 0.287. The summed E-state index contributed by atoms with van der Waals surface area (Å²) in [6, 6.07) is 5.96. The van der Waals surface area contributed by atoms with Gasteiger partial charge in [0.15, 0.2) is 0 Å². The molecule has 4 nitrogen and oxygen atoms in total. The predicted octanol–water partition coefficient (Wildman–Crippen LogP) is 4.21. The fourth-order valence-electron chi connectivity index (χ4n) is 2.25. The van der Waals surface area contributed by atoms with Gasteiger partial charge in [0.2, 0.25) is 0 Å². The van der Waals surface area contributed by atoms with Crippen molar-refractivity contribution in [2.24, 2.45) is 5.10 Å². The van der Waals surface area contributed by atoms with E-state index in [1.807, 2.05) is 0 Å². The lowest BCUT2D eigenvalue weighted by Gasteiger charge is -2.23. The average molecular weight is 409 g/mol. The molecule has 24 heavy (non-hydrogen) atoms. The van der Waals surface area contributed by atoms with E-state index >= 15 is 0 Å². The van der Waals surface area contributed by atoms with Crippen LogP contribution in [0.15, 0.2) is 29.4 Å². The molecule has 0 N–H and O–H groups in total. The average Bonchev–Trinajstić information content (AvgIpc) is 2.52. The summed E-state index contributed by atoms with van der Waals surface area (Å²) in [5.74, 6) is -1.44. The lowest BCUT2D eigenvalue weighted by molar-refractivity contribution is -0.0628. The van der Waals surface area contributed by atoms with Gasteiger partial charge in [0.05, 0.1) is 12.7 Å². The van der Waals surface area contributed by atoms with Gasteiger partial charge in [0, 0.05) is 25.3 Å². The first-order chi connectivity index (χ1) is 11.2. The summed E-state index contributed by atoms with van der Waals surface area (Å²) in [7, 11) is 4.15. The molecule has 0 spiro atoms. The molecule has 0 aliphatic rings. The molecule has 1 atom stereocenters. The summed E-state index contributed by atoms with van der Waals surface area (Å²) in [6.07, 6.45) is -3.69. The summed E-state index contributed by atoms with van der Waals surface area (Å²) in [4.78, 5) is 11.5. The van der Waals surface area contributed by atoms with Gasteiger partial charge in [-0.2, -0.15) is 18.3 Å². The maximum atomic E-state index is 13.5. The van der Waals surface area contributed by atoms with Crippen molar-refractivity contribution in [3.05, 3.63) is 35.4 Å². The van der Waals surface area contributed by atoms with Crippen molar-refractivity contribution in [3.63, 3.8) is 0 Å². The number of alkyl halides is 4. The van der Waals surface area contributed by atoms with Crippen LogP contribution in [0.5, 0.6) is 0 Å². The number of hydrogen-bond donors (Lipinski definition) is 0. The molecule has 1 aromatic carbocycles. The standard InChI is InChI=1S/C16H20BrF3N2O2/c1-22(2)21-14(16(18,19)20)13(5-4-10-17)11-6-8-12(9-7-11)15(23)24-3/h6-9,13H,4-5,10H2,1-3H3/b21-14-. The Morgan fingerprint density at radius 2 is 1.88 bits per heavy atom. The van der Waals surface area contributed by atoms with Crippen LogP contribution in [-0.4, -0.2) is 49.4 Å². The number of carbonyl (C=O) groups is 1. The maximum Gasteiger partial charge on any atom is 0.431 e. The molecule has 0 heterocycles. The highest BCUT2D eigenvalue weighted by molar-refractivity contribution is 9.09. The molecule has 1 unspecified atom stereocenters. The first kappa shape index (κ1) is 20.5. The summed E-state index contributed by atoms with van der Waals surface area (Å²) >= 11 is 3.25. The van der Waals surface area contributed by atoms with Gasteiger partial charge in [-0.15, -0.1) is 0 Å². The second-order valence-corrected chi connectivity index (χ2v) is 6.12. The number of esters is 1. The van der Waals surface area contributed by atoms with Crippen LogP contribution in [0.4, 0.5) is 13.2 Å². The molecule has 1 rings (SSSR count). The second-order valence-electron chi connectivity index (χ2n) is 5.33. The van der Waals surface area contributed by atoms with Crippen LogP contribution in [0, 0.1) is 0 Å². The van der Waals surface area contributed by atoms with Gasteiger partial charge in [0.25, 0.3) is 0 Å². The smallest absolute Gasteiger partial charge is 0.431 e. The highest BCUT2D eigenvalue weighted by atomic mass is 79.9. The maximum absolute atomic E-state index is 13.5. The minimum atomic E-state index is -4.54. The van der Waals surface area contributed by atoms with E-state index in [0.717, 1.165) is 5.01 Å². The molecule has 0 amide bonds. The van der Waals surface area contributed by atoms with Crippen molar-refractivity contribution in [1.82, 2.24) is 5.01 Å². The van der Waals surface area contributed by atoms with Crippen molar-refractivity contribution >= 4 is 27.6 Å². The van der Waals surface area contributed by atoms with Crippen LogP contribution in [0.25, 0.3) is 0 Å². The van der Waals surface area contributed by atoms with E-state index in [4.69, 9.17) is 0 Å². The normalized spacial score (nSPS) is 13.5. The molecular weight excluding hydrogens is 389 g/mol. The van der Waals surface area contributed by atoms with Gasteiger partial charge < -0.3 is 9.75 Å².